The van der Waals surface area contributed by atoms with Gasteiger partial charge in [0.05, 0.1) is 16.9 Å². The summed E-state index contributed by atoms with van der Waals surface area (Å²) in [4.78, 5) is 29.5. The van der Waals surface area contributed by atoms with Gasteiger partial charge < -0.3 is 18.7 Å². The number of oxazole rings is 1. The van der Waals surface area contributed by atoms with Crippen LogP contribution in [0.25, 0.3) is 11.0 Å². The first-order valence-electron chi connectivity index (χ1n) is 12.3. The van der Waals surface area contributed by atoms with Gasteiger partial charge in [-0.15, -0.1) is 0 Å². The van der Waals surface area contributed by atoms with Gasteiger partial charge in [-0.1, -0.05) is 5.16 Å². The van der Waals surface area contributed by atoms with Gasteiger partial charge in [0, 0.05) is 26.1 Å². The molecular formula is C27H31N7O3. The first-order chi connectivity index (χ1) is 17.6. The van der Waals surface area contributed by atoms with E-state index >= 15 is 0 Å². The fourth-order valence-electron chi connectivity index (χ4n) is 4.85. The Balaban J connectivity index is 1.66. The van der Waals surface area contributed by atoms with Gasteiger partial charge in [0.25, 0.3) is 5.56 Å². The molecule has 0 aliphatic heterocycles. The summed E-state index contributed by atoms with van der Waals surface area (Å²) >= 11 is 0. The van der Waals surface area contributed by atoms with E-state index in [1.807, 2.05) is 39.6 Å². The molecule has 0 N–H and O–H groups in total. The number of fused-ring (bicyclic) bond motifs is 1. The summed E-state index contributed by atoms with van der Waals surface area (Å²) in [6, 6.07) is 7.48. The third kappa shape index (κ3) is 5.05. The molecule has 0 atom stereocenters. The Labute approximate surface area is 215 Å². The summed E-state index contributed by atoms with van der Waals surface area (Å²) < 4.78 is 7.08. The maximum absolute atomic E-state index is 13.0. The summed E-state index contributed by atoms with van der Waals surface area (Å²) in [7, 11) is 3.50. The zero-order valence-corrected chi connectivity index (χ0v) is 22.1. The van der Waals surface area contributed by atoms with Crippen LogP contribution < -0.4 is 10.5 Å². The number of nitrogens with zero attached hydrogens (tertiary/aromatic N) is 7. The highest BCUT2D eigenvalue weighted by molar-refractivity contribution is 6.00. The summed E-state index contributed by atoms with van der Waals surface area (Å²) in [5.74, 6) is 0.747. The van der Waals surface area contributed by atoms with Crippen LogP contribution in [-0.2, 0) is 11.9 Å². The van der Waals surface area contributed by atoms with Crippen molar-refractivity contribution in [2.75, 3.05) is 11.9 Å². The van der Waals surface area contributed by atoms with Gasteiger partial charge in [0.15, 0.2) is 12.2 Å². The van der Waals surface area contributed by atoms with Crippen LogP contribution in [0, 0.1) is 35.5 Å². The Bertz CT molecular complexity index is 1490. The third-order valence-electron chi connectivity index (χ3n) is 6.82. The molecule has 0 bridgehead atoms. The number of oxime groups is 1. The Morgan fingerprint density at radius 1 is 1.22 bits per heavy atom. The van der Waals surface area contributed by atoms with Gasteiger partial charge >= 0.3 is 0 Å². The predicted molar refractivity (Wildman–Crippen MR) is 139 cm³/mol. The van der Waals surface area contributed by atoms with Gasteiger partial charge in [-0.3, -0.25) is 4.79 Å². The minimum Gasteiger partial charge on any atom is -0.442 e. The summed E-state index contributed by atoms with van der Waals surface area (Å²) in [5, 5.41) is 23.8. The molecule has 10 nitrogen and oxygen atoms in total. The highest BCUT2D eigenvalue weighted by Crippen LogP contribution is 2.35. The van der Waals surface area contributed by atoms with Gasteiger partial charge in [-0.2, -0.15) is 10.5 Å². The Morgan fingerprint density at radius 3 is 2.49 bits per heavy atom. The maximum atomic E-state index is 13.0. The molecule has 3 aromatic rings. The fourth-order valence-corrected chi connectivity index (χ4v) is 4.85. The molecule has 0 saturated heterocycles. The zero-order valence-electron chi connectivity index (χ0n) is 22.1. The van der Waals surface area contributed by atoms with E-state index in [0.717, 1.165) is 37.1 Å². The average molecular weight is 502 g/mol. The van der Waals surface area contributed by atoms with Crippen LogP contribution in [0.4, 0.5) is 5.69 Å². The van der Waals surface area contributed by atoms with E-state index in [-0.39, 0.29) is 28.8 Å². The topological polar surface area (TPSA) is 133 Å². The van der Waals surface area contributed by atoms with Gasteiger partial charge in [-0.05, 0) is 65.5 Å². The Hall–Kier alpha value is -4.18. The van der Waals surface area contributed by atoms with E-state index in [4.69, 9.17) is 9.25 Å². The lowest BCUT2D eigenvalue weighted by Crippen LogP contribution is -2.39. The lowest BCUT2D eigenvalue weighted by atomic mass is 9.81. The molecule has 10 heteroatoms. The monoisotopic (exact) mass is 501 g/mol. The molecule has 0 unspecified atom stereocenters. The highest BCUT2D eigenvalue weighted by atomic mass is 16.6. The van der Waals surface area contributed by atoms with Crippen LogP contribution in [-0.4, -0.2) is 38.9 Å². The summed E-state index contributed by atoms with van der Waals surface area (Å²) in [6.07, 6.45) is 4.63. The molecule has 3 heterocycles. The van der Waals surface area contributed by atoms with E-state index < -0.39 is 5.60 Å². The number of pyridine rings is 2. The second-order valence-corrected chi connectivity index (χ2v) is 10.4. The smallest absolute Gasteiger partial charge is 0.270 e. The first kappa shape index (κ1) is 25.9. The maximum Gasteiger partial charge on any atom is 0.270 e. The number of anilines is 1. The van der Waals surface area contributed by atoms with E-state index in [2.05, 4.69) is 27.3 Å². The largest absolute Gasteiger partial charge is 0.442 e. The van der Waals surface area contributed by atoms with Crippen LogP contribution in [0.5, 0.6) is 0 Å². The normalized spacial score (nSPS) is 18.3. The van der Waals surface area contributed by atoms with Crippen molar-refractivity contribution < 1.29 is 9.25 Å². The second kappa shape index (κ2) is 10.1. The molecule has 0 aromatic carbocycles. The quantitative estimate of drug-likeness (QED) is 0.375. The van der Waals surface area contributed by atoms with Crippen LogP contribution >= 0.6 is 0 Å². The molecule has 1 fully saturated rings. The van der Waals surface area contributed by atoms with Crippen molar-refractivity contribution in [2.24, 2.45) is 18.1 Å². The molecule has 1 saturated carbocycles. The van der Waals surface area contributed by atoms with E-state index in [0.29, 0.717) is 22.5 Å². The lowest BCUT2D eigenvalue weighted by molar-refractivity contribution is -0.000253. The zero-order chi connectivity index (χ0) is 26.9. The number of hydrogen-bond acceptors (Lipinski definition) is 9. The fraction of sp³-hybridized carbons (Fsp3) is 0.481. The molecule has 192 valence electrons. The van der Waals surface area contributed by atoms with Crippen molar-refractivity contribution >= 4 is 22.4 Å². The molecule has 1 aliphatic rings. The number of aryl methyl sites for hydroxylation is 2. The van der Waals surface area contributed by atoms with Crippen LogP contribution in [0.3, 0.4) is 0 Å². The van der Waals surface area contributed by atoms with Gasteiger partial charge in [0.1, 0.15) is 40.2 Å². The molecule has 4 rings (SSSR count). The van der Waals surface area contributed by atoms with E-state index in [1.54, 1.807) is 19.2 Å². The highest BCUT2D eigenvalue weighted by Gasteiger charge is 2.33. The predicted octanol–water partition coefficient (Wildman–Crippen LogP) is 4.19. The van der Waals surface area contributed by atoms with Crippen LogP contribution in [0.1, 0.15) is 69.2 Å². The van der Waals surface area contributed by atoms with Crippen molar-refractivity contribution in [3.05, 3.63) is 51.6 Å². The van der Waals surface area contributed by atoms with Gasteiger partial charge in [0.2, 0.25) is 0 Å². The number of aromatic nitrogens is 3. The van der Waals surface area contributed by atoms with Crippen LogP contribution in [0.2, 0.25) is 0 Å². The van der Waals surface area contributed by atoms with Crippen molar-refractivity contribution in [1.82, 2.24) is 14.5 Å². The number of rotatable bonds is 5. The average Bonchev–Trinajstić information content (AvgIpc) is 3.30. The van der Waals surface area contributed by atoms with Crippen molar-refractivity contribution in [1.29, 1.82) is 10.5 Å². The number of hydrogen-bond donors (Lipinski definition) is 0. The van der Waals surface area contributed by atoms with Crippen molar-refractivity contribution in [3.8, 4) is 12.1 Å². The standard InChI is InChI=1S/C27H31N7O3/c1-16-25(36-15-30-16)22(32-37-27(2,3)4)17-7-10-19(11-8-17)33(5)24-20(14-29)26(35)34(6)21-12-9-18(13-28)31-23(21)24/h9,12,15,17,19H,7-8,10-11H2,1-6H3/b32-22-. The van der Waals surface area contributed by atoms with Crippen molar-refractivity contribution in [2.45, 2.75) is 65.0 Å². The molecule has 37 heavy (non-hydrogen) atoms. The van der Waals surface area contributed by atoms with Gasteiger partial charge in [-0.25, -0.2) is 9.97 Å². The molecule has 0 spiro atoms. The molecule has 1 aliphatic carbocycles. The van der Waals surface area contributed by atoms with E-state index in [9.17, 15) is 15.3 Å². The molecule has 3 aromatic heterocycles. The SMILES string of the molecule is Cc1ncoc1/C(=N\OC(C)(C)C)C1CCC(N(C)c2c(C#N)c(=O)n(C)c3ccc(C#N)nc23)CC1. The minimum absolute atomic E-state index is 0.0281. The second-order valence-electron chi connectivity index (χ2n) is 10.4. The first-order valence-corrected chi connectivity index (χ1v) is 12.3. The van der Waals surface area contributed by atoms with Crippen LogP contribution in [0.15, 0.2) is 32.9 Å². The van der Waals surface area contributed by atoms with Crippen molar-refractivity contribution in [3.63, 3.8) is 0 Å². The number of nitriles is 2. The Morgan fingerprint density at radius 2 is 1.92 bits per heavy atom. The Kier molecular flexibility index (Phi) is 7.04. The summed E-state index contributed by atoms with van der Waals surface area (Å²) in [5.41, 5.74) is 2.47. The summed E-state index contributed by atoms with van der Waals surface area (Å²) in [6.45, 7) is 7.72. The molecule has 0 amide bonds. The minimum atomic E-state index is -0.444. The third-order valence-corrected chi connectivity index (χ3v) is 6.82. The molecular weight excluding hydrogens is 470 g/mol. The van der Waals surface area contributed by atoms with E-state index in [1.165, 1.54) is 11.0 Å². The lowest BCUT2D eigenvalue weighted by Gasteiger charge is -2.36. The molecule has 0 radical (unpaired) electrons.